The van der Waals surface area contributed by atoms with Gasteiger partial charge in [-0.1, -0.05) is 6.07 Å². The number of methoxy groups -OCH3 is 1. The quantitative estimate of drug-likeness (QED) is 0.567. The van der Waals surface area contributed by atoms with Gasteiger partial charge >= 0.3 is 5.97 Å². The third-order valence-electron chi connectivity index (χ3n) is 5.45. The first-order valence-electron chi connectivity index (χ1n) is 9.69. The molecule has 3 heterocycles. The van der Waals surface area contributed by atoms with Crippen LogP contribution in [0.1, 0.15) is 54.5 Å². The molecule has 2 aromatic rings. The van der Waals surface area contributed by atoms with E-state index < -0.39 is 0 Å². The van der Waals surface area contributed by atoms with Crippen LogP contribution in [0.15, 0.2) is 30.5 Å². The molecule has 1 saturated heterocycles. The van der Waals surface area contributed by atoms with Crippen molar-refractivity contribution < 1.29 is 9.53 Å². The first-order chi connectivity index (χ1) is 13.5. The lowest BCUT2D eigenvalue weighted by atomic mass is 9.96. The van der Waals surface area contributed by atoms with Crippen LogP contribution >= 0.6 is 12.2 Å². The number of carbonyl (C=O) groups excluding carboxylic acids is 1. The van der Waals surface area contributed by atoms with Gasteiger partial charge in [0.2, 0.25) is 0 Å². The molecule has 7 heteroatoms. The maximum atomic E-state index is 11.5. The number of pyridine rings is 1. The van der Waals surface area contributed by atoms with Crippen molar-refractivity contribution in [1.29, 1.82) is 0 Å². The maximum absolute atomic E-state index is 11.5. The summed E-state index contributed by atoms with van der Waals surface area (Å²) in [7, 11) is 1.42. The summed E-state index contributed by atoms with van der Waals surface area (Å²) in [6, 6.07) is 8.21. The summed E-state index contributed by atoms with van der Waals surface area (Å²) in [5.41, 5.74) is 4.70. The molecule has 3 rings (SSSR count). The molecule has 0 aromatic carbocycles. The number of hydrogen-bond acceptors (Lipinski definition) is 4. The van der Waals surface area contributed by atoms with Crippen LogP contribution in [0, 0.1) is 13.8 Å². The molecule has 0 aliphatic carbocycles. The molecule has 0 saturated carbocycles. The van der Waals surface area contributed by atoms with Crippen LogP contribution in [-0.2, 0) is 16.1 Å². The Morgan fingerprint density at radius 1 is 1.36 bits per heavy atom. The van der Waals surface area contributed by atoms with Gasteiger partial charge in [0, 0.05) is 37.1 Å². The number of aromatic nitrogens is 2. The Balaban J connectivity index is 1.96. The van der Waals surface area contributed by atoms with Gasteiger partial charge in [0.15, 0.2) is 5.11 Å². The first kappa shape index (κ1) is 20.3. The Hall–Kier alpha value is -2.41. The van der Waals surface area contributed by atoms with Gasteiger partial charge in [-0.25, -0.2) is 0 Å². The molecule has 1 aliphatic heterocycles. The minimum Gasteiger partial charge on any atom is -0.469 e. The molecular formula is C21H28N4O2S. The predicted molar refractivity (Wildman–Crippen MR) is 113 cm³/mol. The normalized spacial score (nSPS) is 19.0. The molecule has 1 aliphatic rings. The average Bonchev–Trinajstić information content (AvgIpc) is 3.17. The van der Waals surface area contributed by atoms with Crippen molar-refractivity contribution >= 4 is 23.3 Å². The molecule has 28 heavy (non-hydrogen) atoms. The monoisotopic (exact) mass is 400 g/mol. The number of rotatable bonds is 7. The number of nitrogens with one attached hydrogen (secondary N) is 1. The summed E-state index contributed by atoms with van der Waals surface area (Å²) in [6.45, 7) is 8.07. The van der Waals surface area contributed by atoms with Crippen molar-refractivity contribution in [2.45, 2.75) is 52.2 Å². The second-order valence-electron chi connectivity index (χ2n) is 7.07. The average molecular weight is 401 g/mol. The largest absolute Gasteiger partial charge is 0.469 e. The van der Waals surface area contributed by atoms with Crippen LogP contribution in [0.5, 0.6) is 0 Å². The molecule has 2 atom stereocenters. The zero-order chi connectivity index (χ0) is 20.3. The molecule has 2 aromatic heterocycles. The lowest BCUT2D eigenvalue weighted by Gasteiger charge is -2.28. The number of nitrogens with zero attached hydrogens (tertiary/aromatic N) is 3. The fraction of sp³-hybridized carbons (Fsp3) is 0.476. The van der Waals surface area contributed by atoms with Gasteiger partial charge in [0.05, 0.1) is 24.9 Å². The van der Waals surface area contributed by atoms with Crippen LogP contribution in [-0.4, -0.2) is 39.2 Å². The highest BCUT2D eigenvalue weighted by atomic mass is 32.1. The van der Waals surface area contributed by atoms with Crippen molar-refractivity contribution in [2.75, 3.05) is 13.7 Å². The van der Waals surface area contributed by atoms with E-state index in [9.17, 15) is 4.79 Å². The summed E-state index contributed by atoms with van der Waals surface area (Å²) in [5.74, 6) is -0.194. The number of hydrogen-bond donors (Lipinski definition) is 1. The fourth-order valence-electron chi connectivity index (χ4n) is 4.09. The molecule has 0 unspecified atom stereocenters. The second kappa shape index (κ2) is 8.73. The van der Waals surface area contributed by atoms with Crippen LogP contribution in [0.3, 0.4) is 0 Å². The molecule has 1 fully saturated rings. The van der Waals surface area contributed by atoms with E-state index in [1.54, 1.807) is 0 Å². The van der Waals surface area contributed by atoms with E-state index in [1.807, 2.05) is 24.4 Å². The number of thiocarbonyl (C=S) groups is 1. The topological polar surface area (TPSA) is 59.4 Å². The third kappa shape index (κ3) is 3.90. The lowest BCUT2D eigenvalue weighted by Crippen LogP contribution is -2.31. The van der Waals surface area contributed by atoms with E-state index in [1.165, 1.54) is 24.1 Å². The summed E-state index contributed by atoms with van der Waals surface area (Å²) in [6.07, 6.45) is 2.88. The van der Waals surface area contributed by atoms with Crippen LogP contribution < -0.4 is 5.32 Å². The highest BCUT2D eigenvalue weighted by Gasteiger charge is 2.41. The minimum atomic E-state index is -0.194. The van der Waals surface area contributed by atoms with Gasteiger partial charge in [0.25, 0.3) is 0 Å². The van der Waals surface area contributed by atoms with E-state index in [0.29, 0.717) is 24.5 Å². The Morgan fingerprint density at radius 2 is 2.14 bits per heavy atom. The molecule has 0 radical (unpaired) electrons. The molecule has 0 bridgehead atoms. The molecular weight excluding hydrogens is 372 g/mol. The van der Waals surface area contributed by atoms with E-state index in [0.717, 1.165) is 12.2 Å². The van der Waals surface area contributed by atoms with Gasteiger partial charge in [0.1, 0.15) is 0 Å². The summed E-state index contributed by atoms with van der Waals surface area (Å²) in [4.78, 5) is 18.3. The SMILES string of the molecule is CCn1c(C)cc([C@@H]2[C@H](c3ccccn3)NC(=S)N2CCCC(=O)OC)c1C. The molecule has 150 valence electrons. The number of ether oxygens (including phenoxy) is 1. The zero-order valence-electron chi connectivity index (χ0n) is 16.9. The highest BCUT2D eigenvalue weighted by molar-refractivity contribution is 7.80. The summed E-state index contributed by atoms with van der Waals surface area (Å²) >= 11 is 5.68. The summed E-state index contributed by atoms with van der Waals surface area (Å²) < 4.78 is 7.10. The van der Waals surface area contributed by atoms with E-state index >= 15 is 0 Å². The van der Waals surface area contributed by atoms with Crippen molar-refractivity contribution in [3.63, 3.8) is 0 Å². The van der Waals surface area contributed by atoms with E-state index in [2.05, 4.69) is 46.6 Å². The zero-order valence-corrected chi connectivity index (χ0v) is 17.8. The molecule has 0 amide bonds. The van der Waals surface area contributed by atoms with Crippen LogP contribution in [0.25, 0.3) is 0 Å². The van der Waals surface area contributed by atoms with E-state index in [4.69, 9.17) is 17.0 Å². The Kier molecular flexibility index (Phi) is 6.34. The molecule has 6 nitrogen and oxygen atoms in total. The van der Waals surface area contributed by atoms with Gasteiger partial charge in [-0.3, -0.25) is 9.78 Å². The van der Waals surface area contributed by atoms with Crippen molar-refractivity contribution in [3.8, 4) is 0 Å². The molecule has 1 N–H and O–H groups in total. The third-order valence-corrected chi connectivity index (χ3v) is 5.81. The number of carbonyl (C=O) groups is 1. The Bertz CT molecular complexity index is 850. The number of aryl methyl sites for hydroxylation is 1. The van der Waals surface area contributed by atoms with Gasteiger partial charge in [-0.2, -0.15) is 0 Å². The van der Waals surface area contributed by atoms with Crippen molar-refractivity contribution in [1.82, 2.24) is 19.8 Å². The van der Waals surface area contributed by atoms with Crippen LogP contribution in [0.2, 0.25) is 0 Å². The smallest absolute Gasteiger partial charge is 0.305 e. The second-order valence-corrected chi connectivity index (χ2v) is 7.46. The Labute approximate surface area is 171 Å². The van der Waals surface area contributed by atoms with Gasteiger partial charge in [-0.05, 0) is 63.2 Å². The van der Waals surface area contributed by atoms with Crippen LogP contribution in [0.4, 0.5) is 0 Å². The van der Waals surface area contributed by atoms with E-state index in [-0.39, 0.29) is 18.1 Å². The van der Waals surface area contributed by atoms with Gasteiger partial charge < -0.3 is 19.5 Å². The predicted octanol–water partition coefficient (Wildman–Crippen LogP) is 3.45. The molecule has 0 spiro atoms. The summed E-state index contributed by atoms with van der Waals surface area (Å²) in [5, 5.41) is 4.17. The maximum Gasteiger partial charge on any atom is 0.305 e. The fourth-order valence-corrected chi connectivity index (χ4v) is 4.43. The van der Waals surface area contributed by atoms with Crippen molar-refractivity contribution in [3.05, 3.63) is 53.1 Å². The van der Waals surface area contributed by atoms with Gasteiger partial charge in [-0.15, -0.1) is 0 Å². The standard InChI is InChI=1S/C21H28N4O2S/c1-5-24-14(2)13-16(15(24)3)20-19(17-9-6-7-11-22-17)23-21(28)25(20)12-8-10-18(26)27-4/h6-7,9,11,13,19-20H,5,8,10,12H2,1-4H3,(H,23,28)/t19-,20+/m0/s1. The Morgan fingerprint density at radius 3 is 2.75 bits per heavy atom. The highest BCUT2D eigenvalue weighted by Crippen LogP contribution is 2.40. The first-order valence-corrected chi connectivity index (χ1v) is 10.1. The lowest BCUT2D eigenvalue weighted by molar-refractivity contribution is -0.140. The minimum absolute atomic E-state index is 0.0300. The number of esters is 1. The van der Waals surface area contributed by atoms with Crippen molar-refractivity contribution in [2.24, 2.45) is 0 Å².